The van der Waals surface area contributed by atoms with Crippen molar-refractivity contribution in [3.8, 4) is 11.3 Å². The van der Waals surface area contributed by atoms with Gasteiger partial charge in [-0.1, -0.05) is 164 Å². The van der Waals surface area contributed by atoms with Crippen molar-refractivity contribution in [3.63, 3.8) is 0 Å². The Kier molecular flexibility index (Phi) is 16.4. The summed E-state index contributed by atoms with van der Waals surface area (Å²) in [7, 11) is 0. The quantitative estimate of drug-likeness (QED) is 0.0449. The van der Waals surface area contributed by atoms with Crippen molar-refractivity contribution in [2.45, 2.75) is 128 Å². The highest BCUT2D eigenvalue weighted by atomic mass is 16.3. The molecule has 69 heavy (non-hydrogen) atoms. The third-order valence-electron chi connectivity index (χ3n) is 14.1. The van der Waals surface area contributed by atoms with Gasteiger partial charge in [0.2, 0.25) is 11.8 Å². The van der Waals surface area contributed by atoms with E-state index in [1.54, 1.807) is 12.4 Å². The number of benzene rings is 3. The van der Waals surface area contributed by atoms with E-state index in [0.29, 0.717) is 48.2 Å². The van der Waals surface area contributed by atoms with Gasteiger partial charge < -0.3 is 20.3 Å². The summed E-state index contributed by atoms with van der Waals surface area (Å²) in [5, 5.41) is 28.4. The molecule has 0 unspecified atom stereocenters. The molecule has 2 amide bonds. The lowest BCUT2D eigenvalue weighted by molar-refractivity contribution is -0.128. The van der Waals surface area contributed by atoms with E-state index in [4.69, 9.17) is 20.2 Å². The molecule has 7 aromatic rings. The fraction of sp³-hybridized carbons (Fsp3) is 0.421. The molecule has 1 aliphatic rings. The molecule has 0 radical (unpaired) electrons. The van der Waals surface area contributed by atoms with Gasteiger partial charge in [-0.2, -0.15) is 0 Å². The van der Waals surface area contributed by atoms with Crippen LogP contribution < -0.4 is 10.6 Å². The predicted octanol–water partition coefficient (Wildman–Crippen LogP) is 9.90. The average Bonchev–Trinajstić information content (AvgIpc) is 4.04. The number of rotatable bonds is 22. The Morgan fingerprint density at radius 2 is 1.48 bits per heavy atom. The van der Waals surface area contributed by atoms with E-state index in [2.05, 4.69) is 113 Å². The third kappa shape index (κ3) is 11.2. The standard InChI is InChI=1S/C57H69N9O3/c1-5-7-32-59-55(68)47(40(3)4)35-52(67)50(33-41-22-12-8-13-23-41)62-56(69)48(53-63-64-54-49(21-6-2)61-51(38-66(53)54)42-24-20-31-58-36-42)34-46-37-65(39-60-46)57(43-25-14-9-15-26-43,44-27-16-10-17-28-44)45-29-18-11-19-30-45/h9-11,14-20,24-31,36-41,47-48,50,52,67H,5-8,12-13,21-23,32-35H2,1-4H3,(H,59,68)(H,62,69)/t47-,48-,50-,52-/m0/s1. The van der Waals surface area contributed by atoms with Gasteiger partial charge in [0.15, 0.2) is 5.65 Å². The zero-order valence-electron chi connectivity index (χ0n) is 40.8. The van der Waals surface area contributed by atoms with Gasteiger partial charge in [0.25, 0.3) is 0 Å². The summed E-state index contributed by atoms with van der Waals surface area (Å²) >= 11 is 0. The first kappa shape index (κ1) is 48.9. The fourth-order valence-corrected chi connectivity index (χ4v) is 10.4. The molecule has 12 nitrogen and oxygen atoms in total. The summed E-state index contributed by atoms with van der Waals surface area (Å²) < 4.78 is 4.09. The van der Waals surface area contributed by atoms with E-state index in [-0.39, 0.29) is 30.6 Å². The van der Waals surface area contributed by atoms with Crippen molar-refractivity contribution in [1.29, 1.82) is 0 Å². The summed E-state index contributed by atoms with van der Waals surface area (Å²) in [4.78, 5) is 43.7. The largest absolute Gasteiger partial charge is 0.391 e. The van der Waals surface area contributed by atoms with Gasteiger partial charge in [0, 0.05) is 49.2 Å². The Labute approximate surface area is 407 Å². The number of carbonyl (C=O) groups is 2. The highest BCUT2D eigenvalue weighted by Crippen LogP contribution is 2.41. The molecule has 4 aromatic heterocycles. The number of nitrogens with zero attached hydrogens (tertiary/aromatic N) is 7. The van der Waals surface area contributed by atoms with Crippen LogP contribution in [0.2, 0.25) is 0 Å². The molecular formula is C57H69N9O3. The maximum atomic E-state index is 15.6. The van der Waals surface area contributed by atoms with Crippen LogP contribution in [-0.4, -0.2) is 69.7 Å². The Hall–Kier alpha value is -6.53. The average molecular weight is 928 g/mol. The first-order chi connectivity index (χ1) is 33.7. The van der Waals surface area contributed by atoms with Crippen molar-refractivity contribution in [3.05, 3.63) is 168 Å². The lowest BCUT2D eigenvalue weighted by atomic mass is 9.77. The van der Waals surface area contributed by atoms with Crippen LogP contribution in [0.3, 0.4) is 0 Å². The smallest absolute Gasteiger partial charge is 0.231 e. The first-order valence-corrected chi connectivity index (χ1v) is 25.3. The summed E-state index contributed by atoms with van der Waals surface area (Å²) in [6.45, 7) is 8.86. The van der Waals surface area contributed by atoms with Crippen LogP contribution in [0.1, 0.15) is 132 Å². The normalized spacial score (nSPS) is 15.2. The SMILES string of the molecule is CCCCNC(=O)[C@@H](C[C@H](O)[C@H](CC1CCCCC1)NC(=O)[C@@H](Cc1cn(C(c2ccccc2)(c2ccccc2)c2ccccc2)cn1)c1nnc2c(CCC)nc(-c3cccnc3)cn12)C(C)C. The molecule has 0 aliphatic heterocycles. The monoisotopic (exact) mass is 928 g/mol. The Bertz CT molecular complexity index is 2600. The number of nitrogens with one attached hydrogen (secondary N) is 2. The first-order valence-electron chi connectivity index (χ1n) is 25.3. The molecule has 3 N–H and O–H groups in total. The number of fused-ring (bicyclic) bond motifs is 1. The number of aliphatic hydroxyl groups is 1. The van der Waals surface area contributed by atoms with Gasteiger partial charge in [0.1, 0.15) is 17.3 Å². The van der Waals surface area contributed by atoms with Gasteiger partial charge in [-0.25, -0.2) is 9.97 Å². The summed E-state index contributed by atoms with van der Waals surface area (Å²) in [5.74, 6) is -0.870. The number of hydrogen-bond acceptors (Lipinski definition) is 8. The van der Waals surface area contributed by atoms with Crippen LogP contribution in [0, 0.1) is 17.8 Å². The number of pyridine rings is 1. The van der Waals surface area contributed by atoms with Gasteiger partial charge in [-0.3, -0.25) is 19.0 Å². The van der Waals surface area contributed by atoms with Crippen molar-refractivity contribution < 1.29 is 14.7 Å². The van der Waals surface area contributed by atoms with Crippen molar-refractivity contribution in [2.75, 3.05) is 6.54 Å². The Morgan fingerprint density at radius 1 is 0.812 bits per heavy atom. The minimum absolute atomic E-state index is 0.00719. The highest BCUT2D eigenvalue weighted by Gasteiger charge is 2.40. The molecule has 1 fully saturated rings. The Morgan fingerprint density at radius 3 is 2.07 bits per heavy atom. The number of aliphatic hydroxyl groups excluding tert-OH is 1. The van der Waals surface area contributed by atoms with E-state index >= 15 is 4.79 Å². The second-order valence-corrected chi connectivity index (χ2v) is 19.3. The number of carbonyl (C=O) groups excluding carboxylic acids is 2. The van der Waals surface area contributed by atoms with E-state index in [1.165, 1.54) is 6.42 Å². The van der Waals surface area contributed by atoms with Gasteiger partial charge in [-0.05, 0) is 66.3 Å². The molecule has 12 heteroatoms. The summed E-state index contributed by atoms with van der Waals surface area (Å²) in [6, 6.07) is 34.6. The lowest BCUT2D eigenvalue weighted by Gasteiger charge is -2.37. The molecule has 360 valence electrons. The third-order valence-corrected chi connectivity index (χ3v) is 14.1. The molecule has 0 saturated heterocycles. The molecule has 0 bridgehead atoms. The molecule has 1 saturated carbocycles. The molecule has 4 atom stereocenters. The molecule has 1 aliphatic carbocycles. The Balaban J connectivity index is 1.23. The maximum Gasteiger partial charge on any atom is 0.231 e. The van der Waals surface area contributed by atoms with Crippen molar-refractivity contribution in [2.24, 2.45) is 17.8 Å². The predicted molar refractivity (Wildman–Crippen MR) is 271 cm³/mol. The van der Waals surface area contributed by atoms with Crippen LogP contribution in [-0.2, 0) is 28.0 Å². The number of unbranched alkanes of at least 4 members (excludes halogenated alkanes) is 1. The fourth-order valence-electron chi connectivity index (χ4n) is 10.4. The van der Waals surface area contributed by atoms with Gasteiger partial charge in [-0.15, -0.1) is 10.2 Å². The second-order valence-electron chi connectivity index (χ2n) is 19.3. The lowest BCUT2D eigenvalue weighted by Crippen LogP contribution is -2.49. The van der Waals surface area contributed by atoms with Crippen LogP contribution in [0.4, 0.5) is 0 Å². The molecule has 3 aromatic carbocycles. The highest BCUT2D eigenvalue weighted by molar-refractivity contribution is 5.84. The van der Waals surface area contributed by atoms with Crippen LogP contribution in [0.15, 0.2) is 134 Å². The van der Waals surface area contributed by atoms with Crippen molar-refractivity contribution >= 4 is 17.5 Å². The number of aryl methyl sites for hydroxylation is 1. The zero-order chi connectivity index (χ0) is 48.2. The van der Waals surface area contributed by atoms with Crippen LogP contribution in [0.25, 0.3) is 16.9 Å². The minimum atomic E-state index is -0.962. The van der Waals surface area contributed by atoms with Gasteiger partial charge >= 0.3 is 0 Å². The van der Waals surface area contributed by atoms with Crippen molar-refractivity contribution in [1.82, 2.24) is 44.8 Å². The minimum Gasteiger partial charge on any atom is -0.391 e. The maximum absolute atomic E-state index is 15.6. The summed E-state index contributed by atoms with van der Waals surface area (Å²) in [6.07, 6.45) is 18.3. The van der Waals surface area contributed by atoms with Gasteiger partial charge in [0.05, 0.1) is 35.6 Å². The zero-order valence-corrected chi connectivity index (χ0v) is 40.8. The second kappa shape index (κ2) is 23.2. The van der Waals surface area contributed by atoms with Crippen LogP contribution >= 0.6 is 0 Å². The molecular weight excluding hydrogens is 859 g/mol. The van der Waals surface area contributed by atoms with E-state index in [0.717, 1.165) is 72.9 Å². The number of aromatic nitrogens is 7. The molecule has 0 spiro atoms. The van der Waals surface area contributed by atoms with Crippen LogP contribution in [0.5, 0.6) is 0 Å². The molecule has 4 heterocycles. The van der Waals surface area contributed by atoms with E-state index < -0.39 is 29.5 Å². The number of imidazole rings is 1. The summed E-state index contributed by atoms with van der Waals surface area (Å²) in [5.41, 5.74) is 5.95. The van der Waals surface area contributed by atoms with E-state index in [9.17, 15) is 9.90 Å². The molecule has 8 rings (SSSR count). The van der Waals surface area contributed by atoms with E-state index in [1.807, 2.05) is 61.1 Å². The topological polar surface area (TPSA) is 152 Å². The number of hydrogen-bond donors (Lipinski definition) is 3. The number of amides is 2.